The van der Waals surface area contributed by atoms with Gasteiger partial charge in [0.1, 0.15) is 5.75 Å². The van der Waals surface area contributed by atoms with Gasteiger partial charge in [0.15, 0.2) is 0 Å². The zero-order chi connectivity index (χ0) is 12.1. The van der Waals surface area contributed by atoms with E-state index in [2.05, 4.69) is 43.8 Å². The Balaban J connectivity index is 2.27. The Morgan fingerprint density at radius 1 is 0.882 bits per heavy atom. The van der Waals surface area contributed by atoms with Gasteiger partial charge in [0.2, 0.25) is 0 Å². The molecule has 0 bridgehead atoms. The molecule has 0 aliphatic rings. The maximum absolute atomic E-state index is 6.28. The molecule has 0 saturated heterocycles. The number of benzene rings is 2. The molecule has 2 aromatic rings. The van der Waals surface area contributed by atoms with Gasteiger partial charge in [0.25, 0.3) is 8.32 Å². The lowest BCUT2D eigenvalue weighted by atomic mass is 10.3. The molecule has 2 rings (SSSR count). The molecule has 1 unspecified atom stereocenters. The van der Waals surface area contributed by atoms with Gasteiger partial charge in [-0.15, -0.1) is 0 Å². The number of para-hydroxylation sites is 1. The first kappa shape index (κ1) is 11.9. The SMILES string of the molecule is CC[Si](C)(Oc1ccccc1)c1ccccc1. The van der Waals surface area contributed by atoms with Gasteiger partial charge in [-0.3, -0.25) is 0 Å². The molecule has 0 N–H and O–H groups in total. The molecule has 1 atom stereocenters. The topological polar surface area (TPSA) is 9.23 Å². The quantitative estimate of drug-likeness (QED) is 0.745. The predicted octanol–water partition coefficient (Wildman–Crippen LogP) is 3.57. The van der Waals surface area contributed by atoms with Crippen LogP contribution in [0.5, 0.6) is 5.75 Å². The van der Waals surface area contributed by atoms with Crippen molar-refractivity contribution in [1.82, 2.24) is 0 Å². The fraction of sp³-hybridized carbons (Fsp3) is 0.200. The smallest absolute Gasteiger partial charge is 0.279 e. The van der Waals surface area contributed by atoms with Crippen LogP contribution in [0.1, 0.15) is 6.92 Å². The van der Waals surface area contributed by atoms with Crippen molar-refractivity contribution in [1.29, 1.82) is 0 Å². The van der Waals surface area contributed by atoms with E-state index < -0.39 is 8.32 Å². The van der Waals surface area contributed by atoms with E-state index in [-0.39, 0.29) is 0 Å². The van der Waals surface area contributed by atoms with Crippen LogP contribution in [0.25, 0.3) is 0 Å². The average molecular weight is 242 g/mol. The van der Waals surface area contributed by atoms with E-state index in [4.69, 9.17) is 4.43 Å². The highest BCUT2D eigenvalue weighted by atomic mass is 28.4. The summed E-state index contributed by atoms with van der Waals surface area (Å²) in [6, 6.07) is 21.8. The van der Waals surface area contributed by atoms with Crippen LogP contribution in [0.3, 0.4) is 0 Å². The van der Waals surface area contributed by atoms with Crippen molar-refractivity contribution in [2.45, 2.75) is 19.5 Å². The summed E-state index contributed by atoms with van der Waals surface area (Å²) in [5.74, 6) is 0.979. The fourth-order valence-corrected chi connectivity index (χ4v) is 4.10. The van der Waals surface area contributed by atoms with Crippen molar-refractivity contribution >= 4 is 13.5 Å². The summed E-state index contributed by atoms with van der Waals surface area (Å²) in [7, 11) is -1.84. The normalized spacial score (nSPS) is 14.0. The first-order chi connectivity index (χ1) is 8.24. The molecule has 1 nitrogen and oxygen atoms in total. The fourth-order valence-electron chi connectivity index (χ4n) is 1.87. The summed E-state index contributed by atoms with van der Waals surface area (Å²) in [5, 5.41) is 1.35. The van der Waals surface area contributed by atoms with Gasteiger partial charge in [-0.2, -0.15) is 0 Å². The number of hydrogen-bond acceptors (Lipinski definition) is 1. The predicted molar refractivity (Wildman–Crippen MR) is 75.2 cm³/mol. The lowest BCUT2D eigenvalue weighted by molar-refractivity contribution is 0.556. The lowest BCUT2D eigenvalue weighted by Gasteiger charge is -2.27. The van der Waals surface area contributed by atoms with E-state index in [1.165, 1.54) is 5.19 Å². The highest BCUT2D eigenvalue weighted by molar-refractivity contribution is 6.86. The summed E-state index contributed by atoms with van der Waals surface area (Å²) in [5.41, 5.74) is 0. The molecule has 0 aliphatic heterocycles. The van der Waals surface area contributed by atoms with Crippen LogP contribution in [0, 0.1) is 0 Å². The van der Waals surface area contributed by atoms with E-state index in [9.17, 15) is 0 Å². The largest absolute Gasteiger partial charge is 0.539 e. The molecule has 2 aromatic carbocycles. The van der Waals surface area contributed by atoms with Crippen molar-refractivity contribution in [3.05, 3.63) is 60.7 Å². The third-order valence-corrected chi connectivity index (χ3v) is 6.74. The van der Waals surface area contributed by atoms with Crippen molar-refractivity contribution < 1.29 is 4.43 Å². The van der Waals surface area contributed by atoms with E-state index in [1.807, 2.05) is 30.3 Å². The molecule has 0 amide bonds. The zero-order valence-corrected chi connectivity index (χ0v) is 11.4. The maximum Gasteiger partial charge on any atom is 0.279 e. The van der Waals surface area contributed by atoms with Crippen LogP contribution < -0.4 is 9.61 Å². The van der Waals surface area contributed by atoms with Gasteiger partial charge in [-0.25, -0.2) is 0 Å². The van der Waals surface area contributed by atoms with Crippen LogP contribution in [0.4, 0.5) is 0 Å². The van der Waals surface area contributed by atoms with Gasteiger partial charge < -0.3 is 4.43 Å². The minimum atomic E-state index is -1.84. The van der Waals surface area contributed by atoms with E-state index >= 15 is 0 Å². The van der Waals surface area contributed by atoms with Crippen LogP contribution in [0.15, 0.2) is 60.7 Å². The molecular weight excluding hydrogens is 224 g/mol. The van der Waals surface area contributed by atoms with E-state index in [0.29, 0.717) is 0 Å². The Morgan fingerprint density at radius 3 is 1.94 bits per heavy atom. The van der Waals surface area contributed by atoms with Gasteiger partial charge in [-0.1, -0.05) is 55.5 Å². The second kappa shape index (κ2) is 5.19. The first-order valence-electron chi connectivity index (χ1n) is 6.04. The lowest BCUT2D eigenvalue weighted by Crippen LogP contribution is -2.50. The van der Waals surface area contributed by atoms with Crippen molar-refractivity contribution in [3.63, 3.8) is 0 Å². The molecule has 0 heterocycles. The first-order valence-corrected chi connectivity index (χ1v) is 8.66. The van der Waals surface area contributed by atoms with E-state index in [1.54, 1.807) is 0 Å². The van der Waals surface area contributed by atoms with Crippen LogP contribution >= 0.6 is 0 Å². The summed E-state index contributed by atoms with van der Waals surface area (Å²) in [6.45, 7) is 4.48. The minimum Gasteiger partial charge on any atom is -0.539 e. The van der Waals surface area contributed by atoms with Gasteiger partial charge >= 0.3 is 0 Å². The van der Waals surface area contributed by atoms with Crippen molar-refractivity contribution in [2.24, 2.45) is 0 Å². The number of rotatable bonds is 4. The van der Waals surface area contributed by atoms with Gasteiger partial charge in [0, 0.05) is 0 Å². The Bertz CT molecular complexity index is 455. The molecule has 0 aliphatic carbocycles. The second-order valence-corrected chi connectivity index (χ2v) is 8.32. The van der Waals surface area contributed by atoms with Crippen molar-refractivity contribution in [3.8, 4) is 5.75 Å². The highest BCUT2D eigenvalue weighted by Crippen LogP contribution is 2.18. The molecule has 0 radical (unpaired) electrons. The molecule has 17 heavy (non-hydrogen) atoms. The van der Waals surface area contributed by atoms with Crippen molar-refractivity contribution in [2.75, 3.05) is 0 Å². The third kappa shape index (κ3) is 2.77. The molecule has 0 aromatic heterocycles. The summed E-state index contributed by atoms with van der Waals surface area (Å²) < 4.78 is 6.28. The molecule has 0 spiro atoms. The van der Waals surface area contributed by atoms with Crippen LogP contribution in [-0.2, 0) is 0 Å². The minimum absolute atomic E-state index is 0.979. The third-order valence-electron chi connectivity index (χ3n) is 3.15. The monoisotopic (exact) mass is 242 g/mol. The molecule has 88 valence electrons. The summed E-state index contributed by atoms with van der Waals surface area (Å²) in [6.07, 6.45) is 0. The summed E-state index contributed by atoms with van der Waals surface area (Å²) >= 11 is 0. The molecule has 0 saturated carbocycles. The maximum atomic E-state index is 6.28. The number of hydrogen-bond donors (Lipinski definition) is 0. The highest BCUT2D eigenvalue weighted by Gasteiger charge is 2.31. The van der Waals surface area contributed by atoms with Gasteiger partial charge in [0.05, 0.1) is 0 Å². The van der Waals surface area contributed by atoms with Gasteiger partial charge in [-0.05, 0) is 29.9 Å². The van der Waals surface area contributed by atoms with E-state index in [0.717, 1.165) is 11.8 Å². The summed E-state index contributed by atoms with van der Waals surface area (Å²) in [4.78, 5) is 0. The molecular formula is C15H18OSi. The van der Waals surface area contributed by atoms with Crippen LogP contribution in [0.2, 0.25) is 12.6 Å². The Kier molecular flexibility index (Phi) is 3.64. The Labute approximate surface area is 104 Å². The standard InChI is InChI=1S/C15H18OSi/c1-3-17(2,15-12-8-5-9-13-15)16-14-10-6-4-7-11-14/h4-13H,3H2,1-2H3. The van der Waals surface area contributed by atoms with Crippen LogP contribution in [-0.4, -0.2) is 8.32 Å². The molecule has 2 heteroatoms. The average Bonchev–Trinajstić information content (AvgIpc) is 2.41. The Hall–Kier alpha value is -1.54. The zero-order valence-electron chi connectivity index (χ0n) is 10.4. The molecule has 0 fully saturated rings. The Morgan fingerprint density at radius 2 is 1.41 bits per heavy atom. The second-order valence-electron chi connectivity index (χ2n) is 4.37.